The summed E-state index contributed by atoms with van der Waals surface area (Å²) in [6, 6.07) is 0. The van der Waals surface area contributed by atoms with Gasteiger partial charge in [-0.3, -0.25) is 0 Å². The lowest BCUT2D eigenvalue weighted by Gasteiger charge is -2.38. The van der Waals surface area contributed by atoms with Crippen LogP contribution in [-0.4, -0.2) is 11.2 Å². The molecule has 1 heteroatoms. The predicted molar refractivity (Wildman–Crippen MR) is 45.2 cm³/mol. The summed E-state index contributed by atoms with van der Waals surface area (Å²) in [5, 5.41) is 9.67. The van der Waals surface area contributed by atoms with Crippen LogP contribution >= 0.6 is 0 Å². The minimum atomic E-state index is 0.00574. The Morgan fingerprint density at radius 3 is 2.27 bits per heavy atom. The number of hydrogen-bond acceptors (Lipinski definition) is 1. The highest BCUT2D eigenvalue weighted by atomic mass is 16.3. The van der Waals surface area contributed by atoms with Crippen molar-refractivity contribution in [1.82, 2.24) is 0 Å². The van der Waals surface area contributed by atoms with Crippen molar-refractivity contribution in [2.24, 2.45) is 23.2 Å². The first-order valence-corrected chi connectivity index (χ1v) is 4.71. The zero-order valence-corrected chi connectivity index (χ0v) is 7.67. The lowest BCUT2D eigenvalue weighted by Crippen LogP contribution is -2.36. The normalized spacial score (nSPS) is 53.5. The van der Waals surface area contributed by atoms with Gasteiger partial charge in [0.25, 0.3) is 0 Å². The van der Waals surface area contributed by atoms with Crippen molar-refractivity contribution in [1.29, 1.82) is 0 Å². The summed E-state index contributed by atoms with van der Waals surface area (Å²) in [4.78, 5) is 0. The Morgan fingerprint density at radius 2 is 1.91 bits per heavy atom. The molecular weight excluding hydrogens is 136 g/mol. The summed E-state index contributed by atoms with van der Waals surface area (Å²) in [7, 11) is 0. The molecule has 2 bridgehead atoms. The van der Waals surface area contributed by atoms with E-state index in [-0.39, 0.29) is 6.10 Å². The summed E-state index contributed by atoms with van der Waals surface area (Å²) in [6.07, 6.45) is 2.34. The van der Waals surface area contributed by atoms with Gasteiger partial charge in [-0.2, -0.15) is 0 Å². The standard InChI is InChI=1S/C10H18O/c1-6-7-4-8(9(11)5-7)10(6,2)3/h6-9,11H,4-5H2,1-3H3. The third-order valence-corrected chi connectivity index (χ3v) is 4.40. The molecule has 2 aliphatic carbocycles. The number of fused-ring (bicyclic) bond motifs is 2. The molecule has 0 aromatic rings. The second kappa shape index (κ2) is 2.01. The Kier molecular flexibility index (Phi) is 1.39. The second-order valence-corrected chi connectivity index (χ2v) is 5.02. The molecule has 0 spiro atoms. The molecule has 0 radical (unpaired) electrons. The van der Waals surface area contributed by atoms with Crippen LogP contribution in [0.1, 0.15) is 33.6 Å². The topological polar surface area (TPSA) is 20.2 Å². The van der Waals surface area contributed by atoms with Crippen LogP contribution < -0.4 is 0 Å². The molecule has 1 N–H and O–H groups in total. The van der Waals surface area contributed by atoms with E-state index >= 15 is 0 Å². The predicted octanol–water partition coefficient (Wildman–Crippen LogP) is 2.05. The molecule has 64 valence electrons. The molecule has 0 aromatic carbocycles. The maximum absolute atomic E-state index is 9.67. The van der Waals surface area contributed by atoms with E-state index in [0.29, 0.717) is 11.3 Å². The minimum absolute atomic E-state index is 0.00574. The maximum Gasteiger partial charge on any atom is 0.0576 e. The van der Waals surface area contributed by atoms with Gasteiger partial charge in [-0.05, 0) is 36.0 Å². The second-order valence-electron chi connectivity index (χ2n) is 5.02. The van der Waals surface area contributed by atoms with Crippen molar-refractivity contribution in [2.45, 2.75) is 39.7 Å². The quantitative estimate of drug-likeness (QED) is 0.566. The molecule has 0 heterocycles. The molecule has 4 atom stereocenters. The van der Waals surface area contributed by atoms with Crippen molar-refractivity contribution in [3.8, 4) is 0 Å². The molecule has 0 saturated heterocycles. The van der Waals surface area contributed by atoms with Crippen molar-refractivity contribution in [2.75, 3.05) is 0 Å². The van der Waals surface area contributed by atoms with Crippen molar-refractivity contribution in [3.05, 3.63) is 0 Å². The van der Waals surface area contributed by atoms with E-state index < -0.39 is 0 Å². The Labute approximate surface area is 68.8 Å². The first-order valence-electron chi connectivity index (χ1n) is 4.71. The van der Waals surface area contributed by atoms with E-state index in [9.17, 15) is 5.11 Å². The number of aliphatic hydroxyl groups excluding tert-OH is 1. The van der Waals surface area contributed by atoms with Gasteiger partial charge in [0.05, 0.1) is 6.10 Å². The minimum Gasteiger partial charge on any atom is -0.393 e. The molecule has 1 nitrogen and oxygen atoms in total. The first-order chi connectivity index (χ1) is 5.03. The lowest BCUT2D eigenvalue weighted by molar-refractivity contribution is 0.0115. The van der Waals surface area contributed by atoms with Crippen LogP contribution in [0.5, 0.6) is 0 Å². The van der Waals surface area contributed by atoms with E-state index in [2.05, 4.69) is 20.8 Å². The van der Waals surface area contributed by atoms with E-state index in [0.717, 1.165) is 18.3 Å². The molecule has 4 unspecified atom stereocenters. The van der Waals surface area contributed by atoms with Gasteiger partial charge in [-0.1, -0.05) is 20.8 Å². The van der Waals surface area contributed by atoms with E-state index in [1.54, 1.807) is 0 Å². The largest absolute Gasteiger partial charge is 0.393 e. The van der Waals surface area contributed by atoms with Crippen LogP contribution in [-0.2, 0) is 0 Å². The molecule has 0 aromatic heterocycles. The summed E-state index contributed by atoms with van der Waals surface area (Å²) in [5.74, 6) is 2.21. The highest BCUT2D eigenvalue weighted by molar-refractivity contribution is 5.03. The Balaban J connectivity index is 2.26. The van der Waals surface area contributed by atoms with Gasteiger partial charge in [0.2, 0.25) is 0 Å². The Bertz CT molecular complexity index is 174. The highest BCUT2D eigenvalue weighted by Gasteiger charge is 2.54. The molecule has 0 aliphatic heterocycles. The summed E-state index contributed by atoms with van der Waals surface area (Å²) in [6.45, 7) is 6.96. The molecule has 2 rings (SSSR count). The van der Waals surface area contributed by atoms with Crippen molar-refractivity contribution < 1.29 is 5.11 Å². The van der Waals surface area contributed by atoms with E-state index in [1.807, 2.05) is 0 Å². The average Bonchev–Trinajstić information content (AvgIpc) is 2.35. The summed E-state index contributed by atoms with van der Waals surface area (Å²) >= 11 is 0. The van der Waals surface area contributed by atoms with Gasteiger partial charge < -0.3 is 5.11 Å². The van der Waals surface area contributed by atoms with Gasteiger partial charge in [0, 0.05) is 0 Å². The SMILES string of the molecule is CC1C2CC(O)C(C2)C1(C)C. The third-order valence-electron chi connectivity index (χ3n) is 4.40. The Hall–Kier alpha value is -0.0400. The molecule has 2 saturated carbocycles. The van der Waals surface area contributed by atoms with Gasteiger partial charge in [0.1, 0.15) is 0 Å². The maximum atomic E-state index is 9.67. The van der Waals surface area contributed by atoms with Crippen LogP contribution in [0.2, 0.25) is 0 Å². The molecule has 11 heavy (non-hydrogen) atoms. The fourth-order valence-electron chi connectivity index (χ4n) is 3.21. The van der Waals surface area contributed by atoms with Gasteiger partial charge >= 0.3 is 0 Å². The van der Waals surface area contributed by atoms with Crippen molar-refractivity contribution in [3.63, 3.8) is 0 Å². The summed E-state index contributed by atoms with van der Waals surface area (Å²) < 4.78 is 0. The average molecular weight is 154 g/mol. The zero-order chi connectivity index (χ0) is 8.22. The zero-order valence-electron chi connectivity index (χ0n) is 7.67. The van der Waals surface area contributed by atoms with Crippen molar-refractivity contribution >= 4 is 0 Å². The van der Waals surface area contributed by atoms with Crippen LogP contribution in [0.4, 0.5) is 0 Å². The fraction of sp³-hybridized carbons (Fsp3) is 1.00. The van der Waals surface area contributed by atoms with Crippen LogP contribution in [0.15, 0.2) is 0 Å². The smallest absolute Gasteiger partial charge is 0.0576 e. The Morgan fingerprint density at radius 1 is 1.27 bits per heavy atom. The van der Waals surface area contributed by atoms with Crippen LogP contribution in [0, 0.1) is 23.2 Å². The van der Waals surface area contributed by atoms with Crippen LogP contribution in [0.25, 0.3) is 0 Å². The van der Waals surface area contributed by atoms with E-state index in [4.69, 9.17) is 0 Å². The van der Waals surface area contributed by atoms with Gasteiger partial charge in [0.15, 0.2) is 0 Å². The third kappa shape index (κ3) is 0.807. The highest BCUT2D eigenvalue weighted by Crippen LogP contribution is 2.58. The monoisotopic (exact) mass is 154 g/mol. The molecule has 2 aliphatic rings. The number of rotatable bonds is 0. The fourth-order valence-corrected chi connectivity index (χ4v) is 3.21. The van der Waals surface area contributed by atoms with E-state index in [1.165, 1.54) is 6.42 Å². The van der Waals surface area contributed by atoms with Gasteiger partial charge in [-0.15, -0.1) is 0 Å². The molecule has 0 amide bonds. The summed E-state index contributed by atoms with van der Waals surface area (Å²) in [5.41, 5.74) is 0.391. The van der Waals surface area contributed by atoms with Gasteiger partial charge in [-0.25, -0.2) is 0 Å². The number of aliphatic hydroxyl groups is 1. The lowest BCUT2D eigenvalue weighted by atomic mass is 9.68. The first kappa shape index (κ1) is 7.60. The number of hydrogen-bond donors (Lipinski definition) is 1. The van der Waals surface area contributed by atoms with Crippen LogP contribution in [0.3, 0.4) is 0 Å². The molecular formula is C10H18O. The molecule has 2 fully saturated rings.